The molecule has 18 heavy (non-hydrogen) atoms. The van der Waals surface area contributed by atoms with E-state index in [2.05, 4.69) is 5.32 Å². The van der Waals surface area contributed by atoms with Crippen molar-refractivity contribution in [2.24, 2.45) is 0 Å². The van der Waals surface area contributed by atoms with E-state index in [9.17, 15) is 20.1 Å². The van der Waals surface area contributed by atoms with Gasteiger partial charge in [0.2, 0.25) is 0 Å². The van der Waals surface area contributed by atoms with Gasteiger partial charge in [0, 0.05) is 0 Å². The largest absolute Gasteiger partial charge is 0.504 e. The zero-order valence-electron chi connectivity index (χ0n) is 10.6. The minimum absolute atomic E-state index is 0.00488. The van der Waals surface area contributed by atoms with Crippen molar-refractivity contribution in [2.45, 2.75) is 32.2 Å². The summed E-state index contributed by atoms with van der Waals surface area (Å²) in [6.07, 6.45) is 1.15. The first-order chi connectivity index (χ1) is 8.49. The molecule has 0 spiro atoms. The monoisotopic (exact) mass is 253 g/mol. The Labute approximate surface area is 106 Å². The Morgan fingerprint density at radius 2 is 1.89 bits per heavy atom. The highest BCUT2D eigenvalue weighted by Crippen LogP contribution is 2.28. The molecule has 4 N–H and O–H groups in total. The maximum Gasteiger partial charge on any atom is 0.255 e. The van der Waals surface area contributed by atoms with Gasteiger partial charge in [-0.05, 0) is 25.0 Å². The van der Waals surface area contributed by atoms with Crippen molar-refractivity contribution >= 4 is 5.91 Å². The molecule has 0 saturated heterocycles. The normalized spacial score (nSPS) is 11.3. The summed E-state index contributed by atoms with van der Waals surface area (Å²) in [5.41, 5.74) is -0.704. The van der Waals surface area contributed by atoms with Crippen LogP contribution < -0.4 is 5.32 Å². The molecule has 1 amide bonds. The predicted octanol–water partition coefficient (Wildman–Crippen LogP) is 1.38. The van der Waals surface area contributed by atoms with E-state index < -0.39 is 17.2 Å². The van der Waals surface area contributed by atoms with Gasteiger partial charge in [-0.1, -0.05) is 19.9 Å². The van der Waals surface area contributed by atoms with E-state index in [-0.39, 0.29) is 17.9 Å². The summed E-state index contributed by atoms with van der Waals surface area (Å²) >= 11 is 0. The zero-order chi connectivity index (χ0) is 13.8. The number of hydrogen-bond acceptors (Lipinski definition) is 4. The predicted molar refractivity (Wildman–Crippen MR) is 67.6 cm³/mol. The van der Waals surface area contributed by atoms with E-state index in [0.717, 1.165) is 0 Å². The molecule has 100 valence electrons. The number of aliphatic hydroxyl groups excluding tert-OH is 1. The number of carbonyl (C=O) groups excluding carboxylic acids is 1. The van der Waals surface area contributed by atoms with Crippen molar-refractivity contribution in [1.29, 1.82) is 0 Å². The second-order valence-electron chi connectivity index (χ2n) is 4.27. The van der Waals surface area contributed by atoms with E-state index in [4.69, 9.17) is 0 Å². The van der Waals surface area contributed by atoms with Gasteiger partial charge in [-0.3, -0.25) is 4.79 Å². The lowest BCUT2D eigenvalue weighted by atomic mass is 9.93. The topological polar surface area (TPSA) is 89.8 Å². The standard InChI is InChI=1S/C13H19NO4/c1-3-13(4-2,8-15)14-12(18)9-6-5-7-10(16)11(9)17/h5-7,15-17H,3-4,8H2,1-2H3,(H,14,18). The van der Waals surface area contributed by atoms with Gasteiger partial charge < -0.3 is 20.6 Å². The van der Waals surface area contributed by atoms with Gasteiger partial charge in [-0.2, -0.15) is 0 Å². The first-order valence-electron chi connectivity index (χ1n) is 5.94. The number of aliphatic hydroxyl groups is 1. The van der Waals surface area contributed by atoms with Gasteiger partial charge in [-0.15, -0.1) is 0 Å². The number of para-hydroxylation sites is 1. The summed E-state index contributed by atoms with van der Waals surface area (Å²) in [6.45, 7) is 3.55. The number of amides is 1. The highest BCUT2D eigenvalue weighted by molar-refractivity contribution is 5.98. The number of carbonyl (C=O) groups is 1. The summed E-state index contributed by atoms with van der Waals surface area (Å²) in [4.78, 5) is 12.0. The fraction of sp³-hybridized carbons (Fsp3) is 0.462. The number of rotatable bonds is 5. The molecular formula is C13H19NO4. The molecule has 1 rings (SSSR count). The molecule has 1 aromatic rings. The van der Waals surface area contributed by atoms with E-state index >= 15 is 0 Å². The van der Waals surface area contributed by atoms with Gasteiger partial charge >= 0.3 is 0 Å². The Morgan fingerprint density at radius 1 is 1.28 bits per heavy atom. The SMILES string of the molecule is CCC(CC)(CO)NC(=O)c1cccc(O)c1O. The van der Waals surface area contributed by atoms with Gasteiger partial charge in [0.1, 0.15) is 0 Å². The Morgan fingerprint density at radius 3 is 2.39 bits per heavy atom. The summed E-state index contributed by atoms with van der Waals surface area (Å²) in [6, 6.07) is 4.19. The lowest BCUT2D eigenvalue weighted by Crippen LogP contribution is -2.50. The second kappa shape index (κ2) is 5.73. The van der Waals surface area contributed by atoms with Gasteiger partial charge in [-0.25, -0.2) is 0 Å². The van der Waals surface area contributed by atoms with Gasteiger partial charge in [0.25, 0.3) is 5.91 Å². The van der Waals surface area contributed by atoms with Crippen LogP contribution in [0.2, 0.25) is 0 Å². The maximum absolute atomic E-state index is 12.0. The Bertz CT molecular complexity index is 419. The minimum Gasteiger partial charge on any atom is -0.504 e. The van der Waals surface area contributed by atoms with E-state index in [1.807, 2.05) is 13.8 Å². The van der Waals surface area contributed by atoms with Crippen molar-refractivity contribution in [2.75, 3.05) is 6.61 Å². The average molecular weight is 253 g/mol. The second-order valence-corrected chi connectivity index (χ2v) is 4.27. The number of phenolic OH excluding ortho intramolecular Hbond substituents is 2. The fourth-order valence-electron chi connectivity index (χ4n) is 1.71. The molecule has 0 radical (unpaired) electrons. The van der Waals surface area contributed by atoms with Crippen LogP contribution in [0.15, 0.2) is 18.2 Å². The summed E-state index contributed by atoms with van der Waals surface area (Å²) < 4.78 is 0. The summed E-state index contributed by atoms with van der Waals surface area (Å²) in [5.74, 6) is -1.31. The molecule has 0 unspecified atom stereocenters. The highest BCUT2D eigenvalue weighted by atomic mass is 16.3. The van der Waals surface area contributed by atoms with Crippen LogP contribution in [-0.4, -0.2) is 33.4 Å². The quantitative estimate of drug-likeness (QED) is 0.597. The molecule has 0 saturated carbocycles. The molecule has 0 heterocycles. The smallest absolute Gasteiger partial charge is 0.255 e. The van der Waals surface area contributed by atoms with E-state index in [1.54, 1.807) is 0 Å². The molecule has 0 fully saturated rings. The number of benzene rings is 1. The third-order valence-electron chi connectivity index (χ3n) is 3.29. The van der Waals surface area contributed by atoms with Crippen molar-refractivity contribution in [1.82, 2.24) is 5.32 Å². The van der Waals surface area contributed by atoms with Crippen LogP contribution >= 0.6 is 0 Å². The van der Waals surface area contributed by atoms with Crippen LogP contribution in [0.1, 0.15) is 37.0 Å². The first-order valence-corrected chi connectivity index (χ1v) is 5.94. The molecule has 5 nitrogen and oxygen atoms in total. The third kappa shape index (κ3) is 2.73. The molecule has 0 aliphatic rings. The van der Waals surface area contributed by atoms with Crippen LogP contribution in [0.4, 0.5) is 0 Å². The van der Waals surface area contributed by atoms with Crippen LogP contribution in [0, 0.1) is 0 Å². The summed E-state index contributed by atoms with van der Waals surface area (Å²) in [5, 5.41) is 31.0. The Hall–Kier alpha value is -1.75. The van der Waals surface area contributed by atoms with Crippen LogP contribution in [-0.2, 0) is 0 Å². The van der Waals surface area contributed by atoms with Gasteiger partial charge in [0.05, 0.1) is 17.7 Å². The van der Waals surface area contributed by atoms with Crippen molar-refractivity contribution in [3.8, 4) is 11.5 Å². The molecule has 0 bridgehead atoms. The molecule has 0 aromatic heterocycles. The number of nitrogens with one attached hydrogen (secondary N) is 1. The minimum atomic E-state index is -0.699. The average Bonchev–Trinajstić information content (AvgIpc) is 2.39. The fourth-order valence-corrected chi connectivity index (χ4v) is 1.71. The molecule has 5 heteroatoms. The van der Waals surface area contributed by atoms with Crippen LogP contribution in [0.5, 0.6) is 11.5 Å². The molecule has 1 aromatic carbocycles. The third-order valence-corrected chi connectivity index (χ3v) is 3.29. The summed E-state index contributed by atoms with van der Waals surface area (Å²) in [7, 11) is 0. The molecule has 0 aliphatic heterocycles. The van der Waals surface area contributed by atoms with Crippen LogP contribution in [0.3, 0.4) is 0 Å². The lowest BCUT2D eigenvalue weighted by molar-refractivity contribution is 0.0814. The highest BCUT2D eigenvalue weighted by Gasteiger charge is 2.28. The molecule has 0 aliphatic carbocycles. The van der Waals surface area contributed by atoms with Crippen molar-refractivity contribution < 1.29 is 20.1 Å². The number of aromatic hydroxyl groups is 2. The van der Waals surface area contributed by atoms with E-state index in [0.29, 0.717) is 12.8 Å². The Balaban J connectivity index is 2.98. The number of phenols is 2. The Kier molecular flexibility index (Phi) is 4.55. The van der Waals surface area contributed by atoms with Crippen LogP contribution in [0.25, 0.3) is 0 Å². The molecular weight excluding hydrogens is 234 g/mol. The molecule has 0 atom stereocenters. The zero-order valence-corrected chi connectivity index (χ0v) is 10.6. The van der Waals surface area contributed by atoms with E-state index in [1.165, 1.54) is 18.2 Å². The van der Waals surface area contributed by atoms with Gasteiger partial charge in [0.15, 0.2) is 11.5 Å². The van der Waals surface area contributed by atoms with Crippen molar-refractivity contribution in [3.63, 3.8) is 0 Å². The van der Waals surface area contributed by atoms with Crippen molar-refractivity contribution in [3.05, 3.63) is 23.8 Å². The lowest BCUT2D eigenvalue weighted by Gasteiger charge is -2.30. The first kappa shape index (κ1) is 14.3. The number of hydrogen-bond donors (Lipinski definition) is 4. The maximum atomic E-state index is 12.0.